The van der Waals surface area contributed by atoms with Gasteiger partial charge in [0.1, 0.15) is 17.7 Å². The Morgan fingerprint density at radius 1 is 0.649 bits per heavy atom. The number of H-pyrrole nitrogens is 2. The second-order valence-electron chi connectivity index (χ2n) is 15.5. The smallest absolute Gasteiger partial charge is 0.245 e. The van der Waals surface area contributed by atoms with Crippen LogP contribution in [0.1, 0.15) is 66.6 Å². The van der Waals surface area contributed by atoms with E-state index < -0.39 is 0 Å². The Balaban J connectivity index is 0.852. The molecule has 9 rings (SSSR count). The summed E-state index contributed by atoms with van der Waals surface area (Å²) in [6.07, 6.45) is 7.83. The van der Waals surface area contributed by atoms with Gasteiger partial charge in [-0.2, -0.15) is 0 Å². The van der Waals surface area contributed by atoms with Gasteiger partial charge in [0.2, 0.25) is 11.8 Å². The second kappa shape index (κ2) is 15.7. The number of hydrogen-bond acceptors (Lipinski definition) is 5. The summed E-state index contributed by atoms with van der Waals surface area (Å²) in [6, 6.07) is 41.0. The topological polar surface area (TPSA) is 101 Å². The number of amides is 2. The van der Waals surface area contributed by atoms with Crippen molar-refractivity contribution < 1.29 is 9.59 Å². The Kier molecular flexibility index (Phi) is 9.99. The number of likely N-dealkylation sites (N-methyl/N-ethyl adjacent to an activating group) is 1. The van der Waals surface area contributed by atoms with Crippen LogP contribution in [0, 0.1) is 0 Å². The zero-order valence-electron chi connectivity index (χ0n) is 32.4. The number of aromatic amines is 2. The van der Waals surface area contributed by atoms with Crippen molar-refractivity contribution in [2.24, 2.45) is 0 Å². The van der Waals surface area contributed by atoms with Crippen LogP contribution in [-0.4, -0.2) is 73.6 Å². The number of nitrogens with zero attached hydrogens (tertiary/aromatic N) is 5. The molecule has 5 aromatic carbocycles. The van der Waals surface area contributed by atoms with Crippen LogP contribution in [0.5, 0.6) is 0 Å². The molecule has 0 saturated carbocycles. The van der Waals surface area contributed by atoms with Gasteiger partial charge in [0.05, 0.1) is 42.3 Å². The molecule has 2 aromatic heterocycles. The Hall–Kier alpha value is -6.32. The highest BCUT2D eigenvalue weighted by Gasteiger charge is 2.37. The van der Waals surface area contributed by atoms with E-state index in [2.05, 4.69) is 82.8 Å². The average Bonchev–Trinajstić information content (AvgIpc) is 4.09. The van der Waals surface area contributed by atoms with Gasteiger partial charge in [-0.1, -0.05) is 121 Å². The summed E-state index contributed by atoms with van der Waals surface area (Å²) in [6.45, 7) is 1.46. The van der Waals surface area contributed by atoms with Crippen LogP contribution >= 0.6 is 0 Å². The van der Waals surface area contributed by atoms with Crippen molar-refractivity contribution in [1.82, 2.24) is 34.6 Å². The molecule has 0 radical (unpaired) electrons. The predicted octanol–water partition coefficient (Wildman–Crippen LogP) is 9.16. The molecule has 1 unspecified atom stereocenters. The summed E-state index contributed by atoms with van der Waals surface area (Å²) in [5.74, 6) is 1.92. The monoisotopic (exact) mass is 753 g/mol. The number of aromatic nitrogens is 4. The molecule has 2 aliphatic rings. The van der Waals surface area contributed by atoms with Crippen LogP contribution in [0.15, 0.2) is 134 Å². The molecule has 2 N–H and O–H groups in total. The van der Waals surface area contributed by atoms with Gasteiger partial charge in [-0.25, -0.2) is 9.97 Å². The quantitative estimate of drug-likeness (QED) is 0.145. The minimum Gasteiger partial charge on any atom is -0.340 e. The van der Waals surface area contributed by atoms with Crippen molar-refractivity contribution in [2.45, 2.75) is 50.2 Å². The fourth-order valence-corrected chi connectivity index (χ4v) is 8.82. The van der Waals surface area contributed by atoms with E-state index in [-0.39, 0.29) is 29.9 Å². The summed E-state index contributed by atoms with van der Waals surface area (Å²) in [7, 11) is 3.92. The molecule has 0 spiro atoms. The lowest BCUT2D eigenvalue weighted by molar-refractivity contribution is -0.137. The molecular weight excluding hydrogens is 707 g/mol. The van der Waals surface area contributed by atoms with E-state index in [1.165, 1.54) is 0 Å². The number of hydrogen-bond donors (Lipinski definition) is 2. The molecule has 9 nitrogen and oxygen atoms in total. The van der Waals surface area contributed by atoms with Crippen LogP contribution in [-0.2, 0) is 16.0 Å². The molecule has 57 heavy (non-hydrogen) atoms. The molecule has 3 atom stereocenters. The molecule has 0 aliphatic carbocycles. The van der Waals surface area contributed by atoms with Gasteiger partial charge in [0, 0.05) is 13.1 Å². The highest BCUT2D eigenvalue weighted by molar-refractivity contribution is 5.90. The molecule has 9 heteroatoms. The first-order valence-corrected chi connectivity index (χ1v) is 20.0. The average molecular weight is 754 g/mol. The summed E-state index contributed by atoms with van der Waals surface area (Å²) >= 11 is 0. The molecule has 7 aromatic rings. The minimum absolute atomic E-state index is 0.0559. The molecule has 2 saturated heterocycles. The van der Waals surface area contributed by atoms with E-state index in [0.29, 0.717) is 6.42 Å². The molecule has 2 aliphatic heterocycles. The maximum Gasteiger partial charge on any atom is 0.245 e. The fourth-order valence-electron chi connectivity index (χ4n) is 8.82. The number of rotatable bonds is 10. The van der Waals surface area contributed by atoms with Crippen LogP contribution in [0.25, 0.3) is 44.4 Å². The molecule has 2 amide bonds. The minimum atomic E-state index is -0.341. The number of carbonyl (C=O) groups is 2. The van der Waals surface area contributed by atoms with Crippen molar-refractivity contribution in [2.75, 3.05) is 27.2 Å². The van der Waals surface area contributed by atoms with Gasteiger partial charge in [-0.15, -0.1) is 0 Å². The summed E-state index contributed by atoms with van der Waals surface area (Å²) in [4.78, 5) is 50.2. The van der Waals surface area contributed by atoms with Crippen LogP contribution in [0.3, 0.4) is 0 Å². The van der Waals surface area contributed by atoms with Crippen molar-refractivity contribution in [1.29, 1.82) is 0 Å². The first kappa shape index (κ1) is 36.3. The zero-order valence-corrected chi connectivity index (χ0v) is 32.4. The summed E-state index contributed by atoms with van der Waals surface area (Å²) in [5.41, 5.74) is 8.26. The van der Waals surface area contributed by atoms with E-state index in [1.807, 2.05) is 89.7 Å². The third-order valence-electron chi connectivity index (χ3n) is 11.7. The first-order chi connectivity index (χ1) is 27.9. The lowest BCUT2D eigenvalue weighted by Crippen LogP contribution is -2.40. The highest BCUT2D eigenvalue weighted by atomic mass is 16.2. The van der Waals surface area contributed by atoms with Gasteiger partial charge in [0.15, 0.2) is 0 Å². The number of fused-ring (bicyclic) bond motifs is 1. The third-order valence-corrected chi connectivity index (χ3v) is 11.7. The highest BCUT2D eigenvalue weighted by Crippen LogP contribution is 2.36. The molecule has 2 fully saturated rings. The van der Waals surface area contributed by atoms with Gasteiger partial charge in [0.25, 0.3) is 0 Å². The number of nitrogens with one attached hydrogen (secondary N) is 2. The fraction of sp³-hybridized carbons (Fsp3) is 0.250. The number of benzene rings is 5. The van der Waals surface area contributed by atoms with Gasteiger partial charge >= 0.3 is 0 Å². The van der Waals surface area contributed by atoms with Crippen LogP contribution in [0.4, 0.5) is 0 Å². The Labute approximate surface area is 333 Å². The maximum atomic E-state index is 13.9. The van der Waals surface area contributed by atoms with E-state index in [4.69, 9.17) is 9.97 Å². The summed E-state index contributed by atoms with van der Waals surface area (Å²) in [5, 5.41) is 2.29. The van der Waals surface area contributed by atoms with Gasteiger partial charge in [-0.05, 0) is 83.9 Å². The third kappa shape index (κ3) is 7.27. The Morgan fingerprint density at radius 2 is 1.18 bits per heavy atom. The van der Waals surface area contributed by atoms with Gasteiger partial charge < -0.3 is 19.8 Å². The normalized spacial score (nSPS) is 17.5. The SMILES string of the molecule is CN(C)C(C(=O)N1CCC[C@H]1c1ncc(-c2ccc(-c3ccc(-c4cnc([C@@H]5CCCN5C(=O)Cc5cccc6ccccc56)[nH]4)cc3)cc2)[nH]1)c1ccccc1. The molecule has 286 valence electrons. The van der Waals surface area contributed by atoms with E-state index in [9.17, 15) is 9.59 Å². The van der Waals surface area contributed by atoms with Crippen LogP contribution < -0.4 is 0 Å². The molecular formula is C48H47N7O2. The summed E-state index contributed by atoms with van der Waals surface area (Å²) < 4.78 is 0. The van der Waals surface area contributed by atoms with Crippen molar-refractivity contribution in [3.8, 4) is 33.6 Å². The maximum absolute atomic E-state index is 13.9. The van der Waals surface area contributed by atoms with Crippen LogP contribution in [0.2, 0.25) is 0 Å². The lowest BCUT2D eigenvalue weighted by Gasteiger charge is -2.31. The van der Waals surface area contributed by atoms with Crippen molar-refractivity contribution in [3.05, 3.63) is 156 Å². The standard InChI is InChI=1S/C48H47N7O2/c1-53(2)45(37-12-4-3-5-13-37)48(57)55-28-10-18-43(55)47-50-31-41(52-47)36-25-21-33(22-26-36)32-19-23-35(24-20-32)40-30-49-46(51-40)42-17-9-27-54(42)44(56)29-38-15-8-14-34-11-6-7-16-39(34)38/h3-8,11-16,19-26,30-31,42-43,45H,9-10,17-18,27-29H2,1-2H3,(H,49,51)(H,50,52)/t42-,43-,45?/m0/s1. The molecule has 0 bridgehead atoms. The van der Waals surface area contributed by atoms with Crippen molar-refractivity contribution in [3.63, 3.8) is 0 Å². The Bertz CT molecular complexity index is 2500. The predicted molar refractivity (Wildman–Crippen MR) is 225 cm³/mol. The number of likely N-dealkylation sites (tertiary alicyclic amines) is 2. The first-order valence-electron chi connectivity index (χ1n) is 20.0. The largest absolute Gasteiger partial charge is 0.340 e. The second-order valence-corrected chi connectivity index (χ2v) is 15.5. The number of imidazole rings is 2. The van der Waals surface area contributed by atoms with E-state index in [1.54, 1.807) is 0 Å². The Morgan fingerprint density at radius 3 is 1.79 bits per heavy atom. The van der Waals surface area contributed by atoms with Crippen molar-refractivity contribution >= 4 is 22.6 Å². The van der Waals surface area contributed by atoms with Gasteiger partial charge in [-0.3, -0.25) is 14.5 Å². The number of carbonyl (C=O) groups excluding carboxylic acids is 2. The molecule has 4 heterocycles. The lowest BCUT2D eigenvalue weighted by atomic mass is 10.0. The zero-order chi connectivity index (χ0) is 38.9. The van der Waals surface area contributed by atoms with E-state index in [0.717, 1.165) is 106 Å². The van der Waals surface area contributed by atoms with E-state index >= 15 is 0 Å².